The lowest BCUT2D eigenvalue weighted by Crippen LogP contribution is -2.07. The standard InChI is InChI=1S/C17H18N6/c1-12-6-7-14(9-13(12)2)21-16-11-20-23-17(22-16)19-10-15-5-3-4-8-18-15/h3-9,11H,10H2,1-2H3,(H2,19,21,22,23). The average Bonchev–Trinajstić information content (AvgIpc) is 2.58. The highest BCUT2D eigenvalue weighted by atomic mass is 15.3. The Morgan fingerprint density at radius 3 is 2.74 bits per heavy atom. The van der Waals surface area contributed by atoms with Crippen molar-refractivity contribution in [1.82, 2.24) is 20.2 Å². The molecule has 0 aliphatic rings. The van der Waals surface area contributed by atoms with Gasteiger partial charge in [-0.15, -0.1) is 5.10 Å². The van der Waals surface area contributed by atoms with Crippen LogP contribution in [0.3, 0.4) is 0 Å². The zero-order valence-electron chi connectivity index (χ0n) is 13.1. The Bertz CT molecular complexity index is 788. The second-order valence-corrected chi connectivity index (χ2v) is 5.26. The first-order valence-electron chi connectivity index (χ1n) is 7.38. The van der Waals surface area contributed by atoms with Crippen LogP contribution in [0.1, 0.15) is 16.8 Å². The Labute approximate surface area is 135 Å². The molecule has 0 aliphatic heterocycles. The summed E-state index contributed by atoms with van der Waals surface area (Å²) >= 11 is 0. The van der Waals surface area contributed by atoms with Gasteiger partial charge in [0.25, 0.3) is 0 Å². The summed E-state index contributed by atoms with van der Waals surface area (Å²) in [6.07, 6.45) is 3.36. The average molecular weight is 306 g/mol. The zero-order valence-corrected chi connectivity index (χ0v) is 13.1. The molecule has 0 atom stereocenters. The minimum atomic E-state index is 0.462. The molecule has 23 heavy (non-hydrogen) atoms. The SMILES string of the molecule is Cc1ccc(Nc2cnnc(NCc3ccccn3)n2)cc1C. The van der Waals surface area contributed by atoms with E-state index in [0.29, 0.717) is 18.3 Å². The van der Waals surface area contributed by atoms with Gasteiger partial charge in [0.1, 0.15) is 0 Å². The van der Waals surface area contributed by atoms with E-state index in [4.69, 9.17) is 0 Å². The van der Waals surface area contributed by atoms with Crippen molar-refractivity contribution in [2.45, 2.75) is 20.4 Å². The third-order valence-electron chi connectivity index (χ3n) is 3.49. The summed E-state index contributed by atoms with van der Waals surface area (Å²) in [5.74, 6) is 1.11. The van der Waals surface area contributed by atoms with Crippen molar-refractivity contribution in [1.29, 1.82) is 0 Å². The van der Waals surface area contributed by atoms with E-state index in [0.717, 1.165) is 11.4 Å². The minimum absolute atomic E-state index is 0.462. The van der Waals surface area contributed by atoms with Crippen molar-refractivity contribution in [3.8, 4) is 0 Å². The topological polar surface area (TPSA) is 75.6 Å². The molecule has 0 spiro atoms. The first-order chi connectivity index (χ1) is 11.2. The molecule has 0 radical (unpaired) electrons. The minimum Gasteiger partial charge on any atom is -0.347 e. The van der Waals surface area contributed by atoms with E-state index >= 15 is 0 Å². The molecule has 0 saturated heterocycles. The van der Waals surface area contributed by atoms with Crippen LogP contribution in [0.15, 0.2) is 48.8 Å². The van der Waals surface area contributed by atoms with Gasteiger partial charge in [0.15, 0.2) is 5.82 Å². The van der Waals surface area contributed by atoms with E-state index in [1.165, 1.54) is 11.1 Å². The van der Waals surface area contributed by atoms with Gasteiger partial charge < -0.3 is 10.6 Å². The monoisotopic (exact) mass is 306 g/mol. The highest BCUT2D eigenvalue weighted by Gasteiger charge is 2.03. The highest BCUT2D eigenvalue weighted by molar-refractivity contribution is 5.58. The summed E-state index contributed by atoms with van der Waals surface area (Å²) in [4.78, 5) is 8.66. The molecular weight excluding hydrogens is 288 g/mol. The van der Waals surface area contributed by atoms with Gasteiger partial charge in [-0.25, -0.2) is 0 Å². The molecule has 6 nitrogen and oxygen atoms in total. The van der Waals surface area contributed by atoms with Gasteiger partial charge in [-0.2, -0.15) is 10.1 Å². The molecule has 0 unspecified atom stereocenters. The third kappa shape index (κ3) is 4.00. The molecule has 3 aromatic rings. The Kier molecular flexibility index (Phi) is 4.42. The van der Waals surface area contributed by atoms with Crippen LogP contribution < -0.4 is 10.6 Å². The lowest BCUT2D eigenvalue weighted by Gasteiger charge is -2.09. The lowest BCUT2D eigenvalue weighted by atomic mass is 10.1. The van der Waals surface area contributed by atoms with Crippen LogP contribution >= 0.6 is 0 Å². The Morgan fingerprint density at radius 1 is 1.04 bits per heavy atom. The molecule has 116 valence electrons. The molecule has 0 bridgehead atoms. The fourth-order valence-corrected chi connectivity index (χ4v) is 2.08. The first kappa shape index (κ1) is 14.9. The van der Waals surface area contributed by atoms with Crippen LogP contribution in [0.2, 0.25) is 0 Å². The van der Waals surface area contributed by atoms with Crippen LogP contribution in [0.25, 0.3) is 0 Å². The second-order valence-electron chi connectivity index (χ2n) is 5.26. The quantitative estimate of drug-likeness (QED) is 0.753. The number of pyridine rings is 1. The van der Waals surface area contributed by atoms with Gasteiger partial charge >= 0.3 is 0 Å². The van der Waals surface area contributed by atoms with Gasteiger partial charge in [0.05, 0.1) is 18.4 Å². The van der Waals surface area contributed by atoms with Crippen molar-refractivity contribution < 1.29 is 0 Å². The lowest BCUT2D eigenvalue weighted by molar-refractivity contribution is 0.934. The van der Waals surface area contributed by atoms with Gasteiger partial charge in [-0.3, -0.25) is 4.98 Å². The van der Waals surface area contributed by atoms with Crippen LogP contribution in [0, 0.1) is 13.8 Å². The van der Waals surface area contributed by atoms with Crippen LogP contribution in [0.4, 0.5) is 17.5 Å². The summed E-state index contributed by atoms with van der Waals surface area (Å²) in [5, 5.41) is 14.3. The first-order valence-corrected chi connectivity index (χ1v) is 7.38. The number of benzene rings is 1. The van der Waals surface area contributed by atoms with Crippen LogP contribution in [-0.2, 0) is 6.54 Å². The molecule has 0 fully saturated rings. The highest BCUT2D eigenvalue weighted by Crippen LogP contribution is 2.18. The molecule has 2 aromatic heterocycles. The summed E-state index contributed by atoms with van der Waals surface area (Å²) in [6.45, 7) is 4.72. The zero-order chi connectivity index (χ0) is 16.1. The number of aryl methyl sites for hydroxylation is 2. The van der Waals surface area contributed by atoms with E-state index in [9.17, 15) is 0 Å². The summed E-state index contributed by atoms with van der Waals surface area (Å²) in [5.41, 5.74) is 4.38. The molecule has 2 N–H and O–H groups in total. The van der Waals surface area contributed by atoms with Crippen LogP contribution in [0.5, 0.6) is 0 Å². The molecule has 0 aliphatic carbocycles. The maximum Gasteiger partial charge on any atom is 0.245 e. The van der Waals surface area contributed by atoms with E-state index < -0.39 is 0 Å². The van der Waals surface area contributed by atoms with Gasteiger partial charge in [-0.1, -0.05) is 12.1 Å². The molecule has 3 rings (SSSR count). The predicted molar refractivity (Wildman–Crippen MR) is 90.6 cm³/mol. The molecule has 1 aromatic carbocycles. The van der Waals surface area contributed by atoms with Gasteiger partial charge in [0.2, 0.25) is 5.95 Å². The molecular formula is C17H18N6. The molecule has 2 heterocycles. The smallest absolute Gasteiger partial charge is 0.245 e. The number of nitrogens with zero attached hydrogens (tertiary/aromatic N) is 4. The third-order valence-corrected chi connectivity index (χ3v) is 3.49. The number of anilines is 3. The maximum atomic E-state index is 4.41. The van der Waals surface area contributed by atoms with Gasteiger partial charge in [0, 0.05) is 11.9 Å². The maximum absolute atomic E-state index is 4.41. The molecule has 0 saturated carbocycles. The van der Waals surface area contributed by atoms with E-state index in [-0.39, 0.29) is 0 Å². The van der Waals surface area contributed by atoms with Crippen molar-refractivity contribution in [3.05, 3.63) is 65.6 Å². The van der Waals surface area contributed by atoms with Crippen molar-refractivity contribution >= 4 is 17.5 Å². The van der Waals surface area contributed by atoms with Crippen molar-refractivity contribution in [3.63, 3.8) is 0 Å². The van der Waals surface area contributed by atoms with E-state index in [2.05, 4.69) is 56.8 Å². The van der Waals surface area contributed by atoms with Crippen LogP contribution in [-0.4, -0.2) is 20.2 Å². The Morgan fingerprint density at radius 2 is 1.96 bits per heavy atom. The van der Waals surface area contributed by atoms with Crippen molar-refractivity contribution in [2.75, 3.05) is 10.6 Å². The predicted octanol–water partition coefficient (Wildman–Crippen LogP) is 3.24. The summed E-state index contributed by atoms with van der Waals surface area (Å²) in [7, 11) is 0. The molecule has 6 heteroatoms. The number of hydrogen-bond acceptors (Lipinski definition) is 6. The Balaban J connectivity index is 1.68. The molecule has 0 amide bonds. The number of aromatic nitrogens is 4. The van der Waals surface area contributed by atoms with E-state index in [1.54, 1.807) is 12.4 Å². The second kappa shape index (κ2) is 6.83. The number of hydrogen-bond donors (Lipinski definition) is 2. The van der Waals surface area contributed by atoms with Crippen molar-refractivity contribution in [2.24, 2.45) is 0 Å². The van der Waals surface area contributed by atoms with E-state index in [1.807, 2.05) is 24.3 Å². The summed E-state index contributed by atoms with van der Waals surface area (Å²) in [6, 6.07) is 11.9. The normalized spacial score (nSPS) is 10.3. The summed E-state index contributed by atoms with van der Waals surface area (Å²) < 4.78 is 0. The fourth-order valence-electron chi connectivity index (χ4n) is 2.08. The number of nitrogens with one attached hydrogen (secondary N) is 2. The Hall–Kier alpha value is -3.02. The fraction of sp³-hybridized carbons (Fsp3) is 0.176. The number of rotatable bonds is 5. The van der Waals surface area contributed by atoms with Gasteiger partial charge in [-0.05, 0) is 49.2 Å². The largest absolute Gasteiger partial charge is 0.347 e.